The molecule has 2 saturated carbocycles. The molecule has 19 nitrogen and oxygen atoms in total. The second-order valence-electron chi connectivity index (χ2n) is 18.5. The van der Waals surface area contributed by atoms with Crippen molar-refractivity contribution in [1.82, 2.24) is 5.32 Å². The zero-order valence-corrected chi connectivity index (χ0v) is 39.7. The van der Waals surface area contributed by atoms with Crippen LogP contribution in [0, 0.1) is 16.7 Å². The van der Waals surface area contributed by atoms with Crippen molar-refractivity contribution in [2.45, 2.75) is 108 Å². The summed E-state index contributed by atoms with van der Waals surface area (Å²) in [5.74, 6) is -10.9. The van der Waals surface area contributed by atoms with Crippen LogP contribution in [0.1, 0.15) is 86.7 Å². The molecule has 1 saturated heterocycles. The van der Waals surface area contributed by atoms with Crippen LogP contribution in [0.3, 0.4) is 0 Å². The molecular formula is C51H57NO18. The molecule has 3 aromatic carbocycles. The number of ether oxygens (including phenoxy) is 7. The SMILES string of the molecule is COCCOCC(=O)O[C@@H](C(=O)O[C@H]1C[C@@]2(O)[C@@H](OC(=O)c3ccccc3)[C@@H]3[C@]4(OC(C)=O)OO[C@@H]4C[C@H](O)[C@@]3(C)C(=O)[C@H](OC(C)=O)C(=C1C)C2(C)C)[C@@H](NC(=O)c1ccccc1)c1ccccc1. The molecule has 0 spiro atoms. The lowest BCUT2D eigenvalue weighted by Gasteiger charge is -2.66. The van der Waals surface area contributed by atoms with E-state index >= 15 is 9.59 Å². The summed E-state index contributed by atoms with van der Waals surface area (Å²) in [5.41, 5.74) is -6.03. The minimum atomic E-state index is -2.54. The number of fused-ring (bicyclic) bond motifs is 5. The van der Waals surface area contributed by atoms with Crippen molar-refractivity contribution in [3.63, 3.8) is 0 Å². The van der Waals surface area contributed by atoms with Gasteiger partial charge in [-0.25, -0.2) is 19.3 Å². The Morgan fingerprint density at radius 3 is 2.01 bits per heavy atom. The van der Waals surface area contributed by atoms with Gasteiger partial charge in [0, 0.05) is 44.8 Å². The van der Waals surface area contributed by atoms with Gasteiger partial charge >= 0.3 is 29.8 Å². The lowest BCUT2D eigenvalue weighted by Crippen LogP contribution is -2.81. The number of nitrogens with one attached hydrogen (secondary N) is 1. The van der Waals surface area contributed by atoms with Crippen LogP contribution in [0.15, 0.2) is 102 Å². The first kappa shape index (κ1) is 51.5. The van der Waals surface area contributed by atoms with Crippen molar-refractivity contribution in [2.75, 3.05) is 26.9 Å². The van der Waals surface area contributed by atoms with Gasteiger partial charge in [-0.2, -0.15) is 4.89 Å². The zero-order valence-electron chi connectivity index (χ0n) is 39.7. The molecule has 3 aromatic rings. The molecular weight excluding hydrogens is 915 g/mol. The van der Waals surface area contributed by atoms with Crippen molar-refractivity contribution < 1.29 is 86.7 Å². The number of carbonyl (C=O) groups is 7. The fourth-order valence-corrected chi connectivity index (χ4v) is 10.3. The van der Waals surface area contributed by atoms with Gasteiger partial charge in [0.25, 0.3) is 11.7 Å². The average molecular weight is 972 g/mol. The Bertz CT molecular complexity index is 2500. The van der Waals surface area contributed by atoms with Gasteiger partial charge in [-0.3, -0.25) is 19.2 Å². The van der Waals surface area contributed by atoms with Gasteiger partial charge in [-0.15, -0.1) is 0 Å². The Hall–Kier alpha value is -6.35. The van der Waals surface area contributed by atoms with Gasteiger partial charge in [0.15, 0.2) is 18.0 Å². The number of hydrogen-bond donors (Lipinski definition) is 3. The molecule has 3 fully saturated rings. The van der Waals surface area contributed by atoms with Gasteiger partial charge in [0.1, 0.15) is 30.5 Å². The molecule has 11 atom stereocenters. The smallest absolute Gasteiger partial charge is 0.350 e. The molecule has 19 heteroatoms. The predicted molar refractivity (Wildman–Crippen MR) is 240 cm³/mol. The Labute approximate surface area is 403 Å². The first-order chi connectivity index (χ1) is 33.2. The van der Waals surface area contributed by atoms with Crippen molar-refractivity contribution in [3.8, 4) is 0 Å². The molecule has 3 N–H and O–H groups in total. The molecule has 4 aliphatic rings. The molecule has 2 bridgehead atoms. The number of carbonyl (C=O) groups excluding carboxylic acids is 7. The summed E-state index contributed by atoms with van der Waals surface area (Å²) < 4.78 is 40.7. The van der Waals surface area contributed by atoms with E-state index < -0.39 is 125 Å². The fraction of sp³-hybridized carbons (Fsp3) is 0.471. The summed E-state index contributed by atoms with van der Waals surface area (Å²) in [5, 5.41) is 28.8. The van der Waals surface area contributed by atoms with Crippen LogP contribution in [0.2, 0.25) is 0 Å². The minimum absolute atomic E-state index is 0.00287. The minimum Gasteiger partial charge on any atom is -0.455 e. The quantitative estimate of drug-likeness (QED) is 0.0606. The van der Waals surface area contributed by atoms with Gasteiger partial charge < -0.3 is 48.7 Å². The largest absolute Gasteiger partial charge is 0.455 e. The van der Waals surface area contributed by atoms with E-state index in [0.717, 1.165) is 13.8 Å². The fourth-order valence-electron chi connectivity index (χ4n) is 10.3. The summed E-state index contributed by atoms with van der Waals surface area (Å²) in [6.07, 6.45) is -11.5. The Balaban J connectivity index is 1.41. The van der Waals surface area contributed by atoms with Crippen LogP contribution in [0.4, 0.5) is 0 Å². The van der Waals surface area contributed by atoms with Crippen LogP contribution in [0.5, 0.6) is 0 Å². The highest BCUT2D eigenvalue weighted by Crippen LogP contribution is 2.65. The van der Waals surface area contributed by atoms with Crippen LogP contribution in [-0.4, -0.2) is 127 Å². The highest BCUT2D eigenvalue weighted by atomic mass is 17.3. The first-order valence-electron chi connectivity index (χ1n) is 22.7. The molecule has 0 unspecified atom stereocenters. The number of esters is 5. The topological polar surface area (TPSA) is 255 Å². The molecule has 1 amide bonds. The Kier molecular flexibility index (Phi) is 15.1. The Morgan fingerprint density at radius 1 is 0.829 bits per heavy atom. The van der Waals surface area contributed by atoms with Crippen LogP contribution < -0.4 is 5.32 Å². The number of hydrogen-bond acceptors (Lipinski definition) is 18. The maximum atomic E-state index is 15.6. The predicted octanol–water partition coefficient (Wildman–Crippen LogP) is 3.84. The summed E-state index contributed by atoms with van der Waals surface area (Å²) in [7, 11) is 1.44. The van der Waals surface area contributed by atoms with E-state index in [1.165, 1.54) is 59.1 Å². The number of methoxy groups -OCH3 is 1. The number of aliphatic hydroxyl groups excluding tert-OH is 1. The van der Waals surface area contributed by atoms with Gasteiger partial charge in [0.05, 0.1) is 36.2 Å². The third-order valence-electron chi connectivity index (χ3n) is 13.9. The van der Waals surface area contributed by atoms with Crippen LogP contribution in [-0.2, 0) is 66.9 Å². The lowest BCUT2D eigenvalue weighted by atomic mass is 9.46. The normalized spacial score (nSPS) is 29.5. The van der Waals surface area contributed by atoms with Crippen molar-refractivity contribution >= 4 is 41.5 Å². The van der Waals surface area contributed by atoms with E-state index in [1.807, 2.05) is 0 Å². The highest BCUT2D eigenvalue weighted by Gasteiger charge is 2.80. The van der Waals surface area contributed by atoms with Crippen molar-refractivity contribution in [1.29, 1.82) is 0 Å². The molecule has 0 aromatic heterocycles. The van der Waals surface area contributed by atoms with Gasteiger partial charge in [0.2, 0.25) is 6.10 Å². The molecule has 1 heterocycles. The van der Waals surface area contributed by atoms with E-state index in [9.17, 15) is 34.2 Å². The second-order valence-corrected chi connectivity index (χ2v) is 18.5. The van der Waals surface area contributed by atoms with Crippen LogP contribution >= 0.6 is 0 Å². The first-order valence-corrected chi connectivity index (χ1v) is 22.7. The molecule has 1 aliphatic heterocycles. The molecule has 3 aliphatic carbocycles. The monoisotopic (exact) mass is 971 g/mol. The molecule has 7 rings (SSSR count). The number of aliphatic hydroxyl groups is 2. The number of rotatable bonds is 16. The summed E-state index contributed by atoms with van der Waals surface area (Å²) in [6, 6.07) is 22.4. The molecule has 70 heavy (non-hydrogen) atoms. The van der Waals surface area contributed by atoms with Crippen molar-refractivity contribution in [2.24, 2.45) is 16.7 Å². The maximum Gasteiger partial charge on any atom is 0.350 e. The summed E-state index contributed by atoms with van der Waals surface area (Å²) in [4.78, 5) is 110. The van der Waals surface area contributed by atoms with E-state index in [-0.39, 0.29) is 41.9 Å². The van der Waals surface area contributed by atoms with Gasteiger partial charge in [-0.1, -0.05) is 80.6 Å². The Morgan fingerprint density at radius 2 is 1.44 bits per heavy atom. The third-order valence-corrected chi connectivity index (χ3v) is 13.9. The van der Waals surface area contributed by atoms with Crippen LogP contribution in [0.25, 0.3) is 0 Å². The zero-order chi connectivity index (χ0) is 50.8. The summed E-state index contributed by atoms with van der Waals surface area (Å²) >= 11 is 0. The van der Waals surface area contributed by atoms with E-state index in [0.29, 0.717) is 5.56 Å². The van der Waals surface area contributed by atoms with E-state index in [4.69, 9.17) is 42.9 Å². The number of amides is 1. The van der Waals surface area contributed by atoms with E-state index in [2.05, 4.69) is 5.32 Å². The standard InChI is InChI=1S/C51H57NO18/c1-28-34(65-47(60)41(66-37(56)27-63-24-23-62-7)39(31-17-11-8-12-18-31)52-45(58)32-19-13-9-14-20-32)26-50(61)44(67-46(59)33-21-15-10-16-22-33)42-49(6,35(55)25-36-51(42,70-69-36)68-30(3)54)43(57)40(64-29(2)53)38(28)48(50,4)5/h8-22,34-36,39-42,44,55,61H,23-27H2,1-7H3,(H,52,58)/t34-,35-,36+,39-,40+,41+,42-,44-,49+,50+,51+/m0/s1. The number of benzene rings is 3. The number of ketones is 1. The lowest BCUT2D eigenvalue weighted by molar-refractivity contribution is -0.595. The molecule has 0 radical (unpaired) electrons. The highest BCUT2D eigenvalue weighted by molar-refractivity contribution is 5.96. The van der Waals surface area contributed by atoms with Crippen molar-refractivity contribution in [3.05, 3.63) is 119 Å². The van der Waals surface area contributed by atoms with Gasteiger partial charge in [-0.05, 0) is 54.8 Å². The molecule has 374 valence electrons. The summed E-state index contributed by atoms with van der Waals surface area (Å²) in [6.45, 7) is 7.39. The van der Waals surface area contributed by atoms with E-state index in [1.54, 1.807) is 66.7 Å². The second kappa shape index (κ2) is 20.5. The maximum absolute atomic E-state index is 15.6. The average Bonchev–Trinajstić information content (AvgIpc) is 3.32. The third kappa shape index (κ3) is 9.48. The number of Topliss-reactive ketones (excluding diaryl/α,β-unsaturated/α-hetero) is 1.